The molecule has 0 N–H and O–H groups in total. The lowest BCUT2D eigenvalue weighted by Crippen LogP contribution is -1.91. The molecule has 1 aromatic carbocycles. The maximum atomic E-state index is 13.3. The zero-order chi connectivity index (χ0) is 13.5. The van der Waals surface area contributed by atoms with E-state index in [2.05, 4.69) is 15.3 Å². The van der Waals surface area contributed by atoms with E-state index in [-0.39, 0.29) is 5.82 Å². The van der Waals surface area contributed by atoms with Gasteiger partial charge in [0.1, 0.15) is 10.8 Å². The molecule has 3 heterocycles. The Balaban J connectivity index is 1.89. The summed E-state index contributed by atoms with van der Waals surface area (Å²) in [7, 11) is 0. The van der Waals surface area contributed by atoms with Gasteiger partial charge in [-0.1, -0.05) is 23.5 Å². The Morgan fingerprint density at radius 1 is 1.10 bits per heavy atom. The molecule has 3 aromatic heterocycles. The quantitative estimate of drug-likeness (QED) is 0.567. The molecule has 0 amide bonds. The lowest BCUT2D eigenvalue weighted by Gasteiger charge is -1.96. The van der Waals surface area contributed by atoms with Crippen LogP contribution in [0.4, 0.5) is 4.39 Å². The second-order valence-corrected chi connectivity index (χ2v) is 5.88. The van der Waals surface area contributed by atoms with Crippen molar-refractivity contribution in [2.24, 2.45) is 0 Å². The van der Waals surface area contributed by atoms with E-state index in [0.29, 0.717) is 16.3 Å². The monoisotopic (exact) mass is 302 g/mol. The molecular weight excluding hydrogens is 295 g/mol. The average molecular weight is 302 g/mol. The number of halogens is 1. The fourth-order valence-electron chi connectivity index (χ4n) is 1.93. The van der Waals surface area contributed by atoms with Crippen LogP contribution in [0.2, 0.25) is 0 Å². The van der Waals surface area contributed by atoms with Gasteiger partial charge in [-0.3, -0.25) is 0 Å². The van der Waals surface area contributed by atoms with Gasteiger partial charge in [-0.2, -0.15) is 21.0 Å². The second kappa shape index (κ2) is 4.46. The van der Waals surface area contributed by atoms with Gasteiger partial charge in [-0.25, -0.2) is 4.39 Å². The lowest BCUT2D eigenvalue weighted by molar-refractivity contribution is 0.628. The number of rotatable bonds is 2. The third kappa shape index (κ3) is 1.83. The van der Waals surface area contributed by atoms with E-state index in [1.165, 1.54) is 23.5 Å². The number of hydrogen-bond donors (Lipinski definition) is 0. The minimum absolute atomic E-state index is 0.299. The minimum Gasteiger partial charge on any atom is -0.207 e. The molecule has 0 radical (unpaired) electrons. The Morgan fingerprint density at radius 3 is 2.85 bits per heavy atom. The number of hydrogen-bond acceptors (Lipinski definition) is 5. The number of aromatic nitrogens is 4. The molecule has 0 spiro atoms. The summed E-state index contributed by atoms with van der Waals surface area (Å²) in [6, 6.07) is 8.29. The van der Waals surface area contributed by atoms with E-state index >= 15 is 0 Å². The standard InChI is InChI=1S/C13H7FN4S2/c14-10-3-1-2-8(6-10)11-15-16-13-18(11)17-12(20-13)9-4-5-19-7-9/h1-7H. The maximum absolute atomic E-state index is 13.3. The van der Waals surface area contributed by atoms with Crippen LogP contribution < -0.4 is 0 Å². The van der Waals surface area contributed by atoms with Gasteiger partial charge < -0.3 is 0 Å². The largest absolute Gasteiger partial charge is 0.235 e. The summed E-state index contributed by atoms with van der Waals surface area (Å²) in [5.41, 5.74) is 1.73. The Bertz CT molecular complexity index is 879. The predicted molar refractivity (Wildman–Crippen MR) is 77.4 cm³/mol. The zero-order valence-electron chi connectivity index (χ0n) is 10.0. The van der Waals surface area contributed by atoms with Gasteiger partial charge in [0.15, 0.2) is 5.82 Å². The molecule has 7 heteroatoms. The van der Waals surface area contributed by atoms with Crippen molar-refractivity contribution in [1.82, 2.24) is 19.8 Å². The Kier molecular flexibility index (Phi) is 2.61. The Labute approximate surface area is 121 Å². The van der Waals surface area contributed by atoms with Gasteiger partial charge in [-0.05, 0) is 23.6 Å². The fourth-order valence-corrected chi connectivity index (χ4v) is 3.48. The van der Waals surface area contributed by atoms with Crippen LogP contribution in [0.25, 0.3) is 26.9 Å². The van der Waals surface area contributed by atoms with Crippen LogP contribution in [0.15, 0.2) is 41.1 Å². The van der Waals surface area contributed by atoms with Crippen molar-refractivity contribution in [2.75, 3.05) is 0 Å². The summed E-state index contributed by atoms with van der Waals surface area (Å²) < 4.78 is 15.0. The molecule has 4 rings (SSSR count). The van der Waals surface area contributed by atoms with Crippen molar-refractivity contribution in [3.05, 3.63) is 46.9 Å². The van der Waals surface area contributed by atoms with Crippen LogP contribution in [-0.2, 0) is 0 Å². The first-order valence-electron chi connectivity index (χ1n) is 5.82. The first-order valence-corrected chi connectivity index (χ1v) is 7.58. The van der Waals surface area contributed by atoms with Crippen molar-refractivity contribution >= 4 is 27.6 Å². The number of nitrogens with zero attached hydrogens (tertiary/aromatic N) is 4. The van der Waals surface area contributed by atoms with Crippen molar-refractivity contribution in [1.29, 1.82) is 0 Å². The molecule has 0 bridgehead atoms. The van der Waals surface area contributed by atoms with Gasteiger partial charge >= 0.3 is 0 Å². The predicted octanol–water partition coefficient (Wildman–Crippen LogP) is 3.72. The second-order valence-electron chi connectivity index (χ2n) is 4.15. The maximum Gasteiger partial charge on any atom is 0.235 e. The molecule has 98 valence electrons. The van der Waals surface area contributed by atoms with Crippen LogP contribution in [0.5, 0.6) is 0 Å². The highest BCUT2D eigenvalue weighted by Crippen LogP contribution is 2.29. The SMILES string of the molecule is Fc1cccc(-c2nnc3sc(-c4ccsc4)nn23)c1. The van der Waals surface area contributed by atoms with Gasteiger partial charge in [0.2, 0.25) is 4.96 Å². The van der Waals surface area contributed by atoms with Gasteiger partial charge in [0.05, 0.1) is 0 Å². The highest BCUT2D eigenvalue weighted by atomic mass is 32.1. The van der Waals surface area contributed by atoms with Crippen molar-refractivity contribution < 1.29 is 4.39 Å². The highest BCUT2D eigenvalue weighted by Gasteiger charge is 2.14. The summed E-state index contributed by atoms with van der Waals surface area (Å²) in [5.74, 6) is 0.254. The van der Waals surface area contributed by atoms with E-state index in [0.717, 1.165) is 10.6 Å². The normalized spacial score (nSPS) is 11.2. The van der Waals surface area contributed by atoms with E-state index in [9.17, 15) is 4.39 Å². The molecular formula is C13H7FN4S2. The van der Waals surface area contributed by atoms with E-state index in [4.69, 9.17) is 0 Å². The molecule has 0 unspecified atom stereocenters. The molecule has 0 fully saturated rings. The smallest absolute Gasteiger partial charge is 0.207 e. The van der Waals surface area contributed by atoms with Crippen molar-refractivity contribution in [3.8, 4) is 22.0 Å². The first kappa shape index (κ1) is 11.7. The number of benzene rings is 1. The fraction of sp³-hybridized carbons (Fsp3) is 0. The van der Waals surface area contributed by atoms with Gasteiger partial charge in [-0.15, -0.1) is 10.2 Å². The molecule has 0 aliphatic carbocycles. The van der Waals surface area contributed by atoms with Crippen LogP contribution in [0.3, 0.4) is 0 Å². The van der Waals surface area contributed by atoms with Crippen LogP contribution >= 0.6 is 22.7 Å². The van der Waals surface area contributed by atoms with Crippen molar-refractivity contribution in [2.45, 2.75) is 0 Å². The lowest BCUT2D eigenvalue weighted by atomic mass is 10.2. The van der Waals surface area contributed by atoms with E-state index in [1.54, 1.807) is 28.0 Å². The molecule has 4 aromatic rings. The third-order valence-electron chi connectivity index (χ3n) is 2.84. The van der Waals surface area contributed by atoms with E-state index in [1.807, 2.05) is 16.8 Å². The van der Waals surface area contributed by atoms with Crippen molar-refractivity contribution in [3.63, 3.8) is 0 Å². The Hall–Kier alpha value is -2.12. The van der Waals surface area contributed by atoms with E-state index < -0.39 is 0 Å². The van der Waals surface area contributed by atoms with Crippen LogP contribution in [0, 0.1) is 5.82 Å². The van der Waals surface area contributed by atoms with Crippen LogP contribution in [-0.4, -0.2) is 19.8 Å². The average Bonchev–Trinajstić information content (AvgIpc) is 3.14. The molecule has 0 saturated carbocycles. The molecule has 0 aliphatic heterocycles. The number of fused-ring (bicyclic) bond motifs is 1. The number of thiophene rings is 1. The first-order chi connectivity index (χ1) is 9.81. The van der Waals surface area contributed by atoms with Gasteiger partial charge in [0.25, 0.3) is 0 Å². The van der Waals surface area contributed by atoms with Crippen LogP contribution in [0.1, 0.15) is 0 Å². The summed E-state index contributed by atoms with van der Waals surface area (Å²) >= 11 is 3.09. The highest BCUT2D eigenvalue weighted by molar-refractivity contribution is 7.20. The summed E-state index contributed by atoms with van der Waals surface area (Å²) in [6.45, 7) is 0. The molecule has 0 saturated heterocycles. The van der Waals surface area contributed by atoms with Gasteiger partial charge in [0, 0.05) is 16.5 Å². The summed E-state index contributed by atoms with van der Waals surface area (Å²) in [5, 5.41) is 17.6. The topological polar surface area (TPSA) is 43.1 Å². The summed E-state index contributed by atoms with van der Waals surface area (Å²) in [6.07, 6.45) is 0. The summed E-state index contributed by atoms with van der Waals surface area (Å²) in [4.78, 5) is 0.700. The Morgan fingerprint density at radius 2 is 2.05 bits per heavy atom. The zero-order valence-corrected chi connectivity index (χ0v) is 11.7. The minimum atomic E-state index is -0.299. The molecule has 0 atom stereocenters. The molecule has 0 aliphatic rings. The molecule has 20 heavy (non-hydrogen) atoms. The third-order valence-corrected chi connectivity index (χ3v) is 4.47. The molecule has 4 nitrogen and oxygen atoms in total.